The normalized spacial score (nSPS) is 10.7. The van der Waals surface area contributed by atoms with Gasteiger partial charge in [0, 0.05) is 17.5 Å². The third kappa shape index (κ3) is 3.61. The van der Waals surface area contributed by atoms with Gasteiger partial charge in [-0.05, 0) is 68.5 Å². The quantitative estimate of drug-likeness (QED) is 0.592. The molecule has 2 aromatic rings. The van der Waals surface area contributed by atoms with Crippen molar-refractivity contribution in [2.24, 2.45) is 0 Å². The van der Waals surface area contributed by atoms with Gasteiger partial charge in [0.2, 0.25) is 0 Å². The molecule has 0 saturated carbocycles. The maximum atomic E-state index is 12.1. The zero-order valence-electron chi connectivity index (χ0n) is 15.2. The molecule has 2 rings (SSSR count). The zero-order chi connectivity index (χ0) is 17.9. The molecule has 0 aliphatic heterocycles. The van der Waals surface area contributed by atoms with Crippen molar-refractivity contribution in [3.8, 4) is 22.6 Å². The van der Waals surface area contributed by atoms with Gasteiger partial charge in [-0.15, -0.1) is 0 Å². The predicted molar refractivity (Wildman–Crippen MR) is 97.7 cm³/mol. The van der Waals surface area contributed by atoms with Crippen molar-refractivity contribution < 1.29 is 14.6 Å². The van der Waals surface area contributed by atoms with Gasteiger partial charge in [-0.25, -0.2) is 0 Å². The van der Waals surface area contributed by atoms with E-state index in [1.54, 1.807) is 6.07 Å². The number of phenolic OH excluding ortho intramolecular Hbond substituents is 1. The Morgan fingerprint density at radius 2 is 1.54 bits per heavy atom. The molecule has 0 atom stereocenters. The molecule has 0 spiro atoms. The van der Waals surface area contributed by atoms with Crippen molar-refractivity contribution in [1.29, 1.82) is 0 Å². The van der Waals surface area contributed by atoms with Crippen LogP contribution in [0, 0.1) is 27.7 Å². The van der Waals surface area contributed by atoms with Crippen LogP contribution in [-0.4, -0.2) is 11.1 Å². The molecule has 0 amide bonds. The van der Waals surface area contributed by atoms with E-state index in [2.05, 4.69) is 0 Å². The first kappa shape index (κ1) is 18.1. The number of hydrogen-bond acceptors (Lipinski definition) is 3. The Hall–Kier alpha value is -2.29. The Bertz CT molecular complexity index is 760. The predicted octanol–water partition coefficient (Wildman–Crippen LogP) is 5.39. The minimum absolute atomic E-state index is 0.206. The highest BCUT2D eigenvalue weighted by Crippen LogP contribution is 2.42. The number of carbonyl (C=O) groups excluding carboxylic acids is 1. The summed E-state index contributed by atoms with van der Waals surface area (Å²) in [5.74, 6) is 0.493. The molecule has 0 fully saturated rings. The largest absolute Gasteiger partial charge is 0.507 e. The second-order valence-corrected chi connectivity index (χ2v) is 6.36. The van der Waals surface area contributed by atoms with Crippen LogP contribution in [-0.2, 0) is 4.79 Å². The molecular formula is C21H26O3. The maximum absolute atomic E-state index is 12.1. The molecule has 0 aromatic heterocycles. The average molecular weight is 326 g/mol. The van der Waals surface area contributed by atoms with Crippen molar-refractivity contribution in [2.45, 2.75) is 53.9 Å². The van der Waals surface area contributed by atoms with Crippen molar-refractivity contribution in [2.75, 3.05) is 0 Å². The second kappa shape index (κ2) is 7.52. The highest BCUT2D eigenvalue weighted by atomic mass is 16.5. The van der Waals surface area contributed by atoms with Crippen LogP contribution in [0.5, 0.6) is 11.5 Å². The van der Waals surface area contributed by atoms with Crippen molar-refractivity contribution in [3.05, 3.63) is 46.5 Å². The third-order valence-electron chi connectivity index (χ3n) is 4.62. The van der Waals surface area contributed by atoms with Crippen LogP contribution in [0.15, 0.2) is 24.3 Å². The highest BCUT2D eigenvalue weighted by molar-refractivity contribution is 5.85. The van der Waals surface area contributed by atoms with Gasteiger partial charge in [0.15, 0.2) is 0 Å². The van der Waals surface area contributed by atoms with E-state index >= 15 is 0 Å². The van der Waals surface area contributed by atoms with E-state index in [-0.39, 0.29) is 11.7 Å². The van der Waals surface area contributed by atoms with E-state index in [0.717, 1.165) is 46.2 Å². The standard InChI is InChI=1S/C21H26O3/c1-6-7-8-19(23)24-18-12-10-14(3)16(5)21(18)20-15(4)13(2)9-11-17(20)22/h9-12,22H,6-8H2,1-5H3. The number of phenols is 1. The van der Waals surface area contributed by atoms with E-state index in [1.165, 1.54) is 0 Å². The van der Waals surface area contributed by atoms with Crippen molar-refractivity contribution in [3.63, 3.8) is 0 Å². The number of carbonyl (C=O) groups is 1. The highest BCUT2D eigenvalue weighted by Gasteiger charge is 2.19. The smallest absolute Gasteiger partial charge is 0.311 e. The summed E-state index contributed by atoms with van der Waals surface area (Å²) in [6.45, 7) is 10.0. The summed E-state index contributed by atoms with van der Waals surface area (Å²) in [6.07, 6.45) is 2.17. The Morgan fingerprint density at radius 3 is 2.17 bits per heavy atom. The zero-order valence-corrected chi connectivity index (χ0v) is 15.2. The van der Waals surface area contributed by atoms with Crippen LogP contribution in [0.2, 0.25) is 0 Å². The fourth-order valence-electron chi connectivity index (χ4n) is 2.80. The second-order valence-electron chi connectivity index (χ2n) is 6.36. The molecule has 1 N–H and O–H groups in total. The lowest BCUT2D eigenvalue weighted by atomic mass is 9.90. The SMILES string of the molecule is CCCCC(=O)Oc1ccc(C)c(C)c1-c1c(O)ccc(C)c1C. The van der Waals surface area contributed by atoms with Crippen LogP contribution >= 0.6 is 0 Å². The first-order chi connectivity index (χ1) is 11.4. The Morgan fingerprint density at radius 1 is 0.958 bits per heavy atom. The van der Waals surface area contributed by atoms with E-state index in [9.17, 15) is 9.90 Å². The van der Waals surface area contributed by atoms with Crippen LogP contribution in [0.3, 0.4) is 0 Å². The van der Waals surface area contributed by atoms with Gasteiger partial charge in [-0.2, -0.15) is 0 Å². The van der Waals surface area contributed by atoms with Gasteiger partial charge in [0.05, 0.1) is 0 Å². The fraction of sp³-hybridized carbons (Fsp3) is 0.381. The summed E-state index contributed by atoms with van der Waals surface area (Å²) in [4.78, 5) is 12.1. The monoisotopic (exact) mass is 326 g/mol. The summed E-state index contributed by atoms with van der Waals surface area (Å²) >= 11 is 0. The van der Waals surface area contributed by atoms with E-state index < -0.39 is 0 Å². The Balaban J connectivity index is 2.59. The number of hydrogen-bond donors (Lipinski definition) is 1. The van der Waals surface area contributed by atoms with Crippen molar-refractivity contribution in [1.82, 2.24) is 0 Å². The van der Waals surface area contributed by atoms with E-state index in [4.69, 9.17) is 4.74 Å². The molecule has 0 bridgehead atoms. The molecular weight excluding hydrogens is 300 g/mol. The summed E-state index contributed by atoms with van der Waals surface area (Å²) in [6, 6.07) is 7.36. The molecule has 0 saturated heterocycles. The van der Waals surface area contributed by atoms with Gasteiger partial charge in [0.25, 0.3) is 0 Å². The molecule has 3 nitrogen and oxygen atoms in total. The summed E-state index contributed by atoms with van der Waals surface area (Å²) in [7, 11) is 0. The van der Waals surface area contributed by atoms with Crippen LogP contribution < -0.4 is 4.74 Å². The number of esters is 1. The number of ether oxygens (including phenoxy) is 1. The van der Waals surface area contributed by atoms with Gasteiger partial charge >= 0.3 is 5.97 Å². The average Bonchev–Trinajstić information content (AvgIpc) is 2.55. The molecule has 2 aromatic carbocycles. The number of benzene rings is 2. The van der Waals surface area contributed by atoms with Gasteiger partial charge in [-0.1, -0.05) is 25.5 Å². The third-order valence-corrected chi connectivity index (χ3v) is 4.62. The molecule has 0 aliphatic carbocycles. The van der Waals surface area contributed by atoms with Crippen LogP contribution in [0.25, 0.3) is 11.1 Å². The van der Waals surface area contributed by atoms with E-state index in [0.29, 0.717) is 12.2 Å². The van der Waals surface area contributed by atoms with Crippen molar-refractivity contribution >= 4 is 5.97 Å². The fourth-order valence-corrected chi connectivity index (χ4v) is 2.80. The van der Waals surface area contributed by atoms with E-state index in [1.807, 2.05) is 52.8 Å². The lowest BCUT2D eigenvalue weighted by molar-refractivity contribution is -0.134. The number of aryl methyl sites for hydroxylation is 2. The molecule has 128 valence electrons. The summed E-state index contributed by atoms with van der Waals surface area (Å²) in [5.41, 5.74) is 5.74. The summed E-state index contributed by atoms with van der Waals surface area (Å²) in [5, 5.41) is 10.4. The molecule has 3 heteroatoms. The lowest BCUT2D eigenvalue weighted by Crippen LogP contribution is -2.09. The number of aromatic hydroxyl groups is 1. The van der Waals surface area contributed by atoms with Gasteiger partial charge in [-0.3, -0.25) is 4.79 Å². The topological polar surface area (TPSA) is 46.5 Å². The maximum Gasteiger partial charge on any atom is 0.311 e. The minimum atomic E-state index is -0.230. The van der Waals surface area contributed by atoms with Crippen LogP contribution in [0.4, 0.5) is 0 Å². The first-order valence-electron chi connectivity index (χ1n) is 8.47. The minimum Gasteiger partial charge on any atom is -0.507 e. The number of rotatable bonds is 5. The molecule has 0 heterocycles. The van der Waals surface area contributed by atoms with Gasteiger partial charge in [0.1, 0.15) is 11.5 Å². The van der Waals surface area contributed by atoms with Crippen LogP contribution in [0.1, 0.15) is 48.4 Å². The Labute approximate surface area is 144 Å². The number of unbranched alkanes of at least 4 members (excludes halogenated alkanes) is 1. The first-order valence-corrected chi connectivity index (χ1v) is 8.47. The van der Waals surface area contributed by atoms with Gasteiger partial charge < -0.3 is 9.84 Å². The molecule has 0 radical (unpaired) electrons. The summed E-state index contributed by atoms with van der Waals surface area (Å²) < 4.78 is 5.64. The Kier molecular flexibility index (Phi) is 5.66. The molecule has 0 aliphatic rings. The molecule has 0 unspecified atom stereocenters. The lowest BCUT2D eigenvalue weighted by Gasteiger charge is -2.19. The molecule has 24 heavy (non-hydrogen) atoms.